The molecule has 1 aromatic rings. The van der Waals surface area contributed by atoms with Crippen molar-refractivity contribution >= 4 is 52.9 Å². The maximum absolute atomic E-state index is 13.4. The topological polar surface area (TPSA) is 43.4 Å². The van der Waals surface area contributed by atoms with Gasteiger partial charge < -0.3 is 0 Å². The first-order valence-corrected chi connectivity index (χ1v) is 21.8. The van der Waals surface area contributed by atoms with E-state index in [0.29, 0.717) is 5.56 Å². The number of rotatable bonds is 16. The van der Waals surface area contributed by atoms with Crippen molar-refractivity contribution in [3.05, 3.63) is 35.9 Å². The predicted octanol–water partition coefficient (Wildman–Crippen LogP) is 8.44. The van der Waals surface area contributed by atoms with Crippen molar-refractivity contribution in [2.24, 2.45) is 5.41 Å². The van der Waals surface area contributed by atoms with Crippen LogP contribution in [0.5, 0.6) is 0 Å². The van der Waals surface area contributed by atoms with E-state index >= 15 is 0 Å². The number of hydrogen-bond acceptors (Lipinski definition) is 3. The van der Waals surface area contributed by atoms with E-state index in [1.54, 1.807) is 24.3 Å². The molecule has 0 N–H and O–H groups in total. The summed E-state index contributed by atoms with van der Waals surface area (Å²) in [7, 11) is 0. The first-order chi connectivity index (χ1) is 14.9. The van der Waals surface area contributed by atoms with Gasteiger partial charge in [-0.2, -0.15) is 0 Å². The summed E-state index contributed by atoms with van der Waals surface area (Å²) in [5.74, 6) is -0.806. The molecule has 0 radical (unpaired) electrons. The number of halogens is 1. The second-order valence-corrected chi connectivity index (χ2v) is 24.3. The van der Waals surface area contributed by atoms with Crippen molar-refractivity contribution in [2.45, 2.75) is 96.8 Å². The molecule has 1 unspecified atom stereocenters. The van der Waals surface area contributed by atoms with Gasteiger partial charge in [0.2, 0.25) is 0 Å². The van der Waals surface area contributed by atoms with Crippen LogP contribution in [0.3, 0.4) is 0 Å². The molecule has 5 heteroatoms. The molecule has 0 aromatic heterocycles. The van der Waals surface area contributed by atoms with E-state index in [0.717, 1.165) is 21.7 Å². The molecule has 0 saturated carbocycles. The summed E-state index contributed by atoms with van der Waals surface area (Å²) < 4.78 is 11.7. The molecule has 0 saturated heterocycles. The van der Waals surface area contributed by atoms with Gasteiger partial charge in [0, 0.05) is 0 Å². The third kappa shape index (κ3) is 10.1. The van der Waals surface area contributed by atoms with E-state index < -0.39 is 29.8 Å². The monoisotopic (exact) mass is 650 g/mol. The number of ether oxygens (including phenoxy) is 1. The van der Waals surface area contributed by atoms with Gasteiger partial charge in [-0.05, 0) is 0 Å². The van der Waals surface area contributed by atoms with Gasteiger partial charge >= 0.3 is 210 Å². The summed E-state index contributed by atoms with van der Waals surface area (Å²) in [4.78, 5) is 26.1. The molecule has 176 valence electrons. The summed E-state index contributed by atoms with van der Waals surface area (Å²) in [6, 6.07) is 8.90. The number of unbranched alkanes of at least 4 members (excludes halogenated alkanes) is 3. The fourth-order valence-electron chi connectivity index (χ4n) is 4.68. The summed E-state index contributed by atoms with van der Waals surface area (Å²) >= 11 is -0.185. The van der Waals surface area contributed by atoms with Crippen molar-refractivity contribution < 1.29 is 14.3 Å². The van der Waals surface area contributed by atoms with Crippen LogP contribution in [0.2, 0.25) is 17.7 Å². The molecule has 0 aliphatic rings. The van der Waals surface area contributed by atoms with Crippen molar-refractivity contribution in [1.82, 2.24) is 0 Å². The van der Waals surface area contributed by atoms with Crippen LogP contribution < -0.4 is 0 Å². The number of carbonyl (C=O) groups excluding carboxylic acids is 2. The Hall–Kier alpha value is -0.111. The van der Waals surface area contributed by atoms with Crippen LogP contribution in [0.1, 0.15) is 89.4 Å². The number of carbonyl (C=O) groups is 2. The second kappa shape index (κ2) is 15.7. The van der Waals surface area contributed by atoms with Crippen LogP contribution in [0.4, 0.5) is 0 Å². The second-order valence-electron chi connectivity index (χ2n) is 9.38. The maximum atomic E-state index is 13.4. The minimum absolute atomic E-state index is 0.295. The van der Waals surface area contributed by atoms with Gasteiger partial charge in [-0.1, -0.05) is 0 Å². The minimum atomic E-state index is -2.57. The Morgan fingerprint density at radius 1 is 0.903 bits per heavy atom. The molecule has 3 nitrogen and oxygen atoms in total. The predicted molar refractivity (Wildman–Crippen MR) is 143 cm³/mol. The first kappa shape index (κ1) is 28.9. The molecule has 0 amide bonds. The Labute approximate surface area is 208 Å². The molecule has 31 heavy (non-hydrogen) atoms. The van der Waals surface area contributed by atoms with Crippen LogP contribution in [0.15, 0.2) is 30.3 Å². The van der Waals surface area contributed by atoms with Gasteiger partial charge in [-0.15, -0.1) is 0 Å². The standard InChI is InChI=1S/C14H16IO3.3C4H9.Sn/c1-14(2,9-6-10-15)13(17)18-12(16)11-7-4-3-5-8-11;3*1-3-4-2;/h3-5,7-8H,1,6,9-10H2,2H3;3*1,3-4H2,2H3;. The summed E-state index contributed by atoms with van der Waals surface area (Å²) in [6.07, 6.45) is 9.31. The molecule has 0 fully saturated rings. The van der Waals surface area contributed by atoms with Crippen LogP contribution in [0.25, 0.3) is 0 Å². The molecule has 0 spiro atoms. The number of hydrogen-bond donors (Lipinski definition) is 0. The average molecular weight is 649 g/mol. The van der Waals surface area contributed by atoms with Crippen molar-refractivity contribution in [2.75, 3.05) is 4.43 Å². The molecule has 0 aliphatic carbocycles. The Bertz CT molecular complexity index is 628. The fraction of sp³-hybridized carbons (Fsp3) is 0.692. The van der Waals surface area contributed by atoms with Crippen molar-refractivity contribution in [1.29, 1.82) is 0 Å². The molecule has 1 aromatic carbocycles. The van der Waals surface area contributed by atoms with Gasteiger partial charge in [0.15, 0.2) is 0 Å². The average Bonchev–Trinajstić information content (AvgIpc) is 2.79. The van der Waals surface area contributed by atoms with E-state index in [1.165, 1.54) is 51.8 Å². The van der Waals surface area contributed by atoms with Crippen LogP contribution in [0, 0.1) is 5.41 Å². The van der Waals surface area contributed by atoms with E-state index in [1.807, 2.05) is 6.07 Å². The van der Waals surface area contributed by atoms with Crippen LogP contribution in [-0.2, 0) is 9.53 Å². The molecular formula is C26H43IO3Sn. The van der Waals surface area contributed by atoms with Gasteiger partial charge in [0.25, 0.3) is 0 Å². The number of alkyl halides is 1. The van der Waals surface area contributed by atoms with Gasteiger partial charge in [-0.3, -0.25) is 0 Å². The van der Waals surface area contributed by atoms with Gasteiger partial charge in [0.05, 0.1) is 0 Å². The molecular weight excluding hydrogens is 606 g/mol. The fourth-order valence-corrected chi connectivity index (χ4v) is 23.8. The zero-order valence-corrected chi connectivity index (χ0v) is 25.2. The normalized spacial score (nSPS) is 13.6. The molecule has 1 atom stereocenters. The van der Waals surface area contributed by atoms with Gasteiger partial charge in [-0.25, -0.2) is 0 Å². The molecule has 0 bridgehead atoms. The summed E-state index contributed by atoms with van der Waals surface area (Å²) in [6.45, 7) is 8.92. The molecule has 0 aliphatic heterocycles. The third-order valence-electron chi connectivity index (χ3n) is 6.50. The molecule has 0 heterocycles. The zero-order valence-electron chi connectivity index (χ0n) is 20.2. The Morgan fingerprint density at radius 3 is 1.87 bits per heavy atom. The van der Waals surface area contributed by atoms with Gasteiger partial charge in [0.1, 0.15) is 0 Å². The van der Waals surface area contributed by atoms with E-state index in [4.69, 9.17) is 4.74 Å². The van der Waals surface area contributed by atoms with E-state index in [9.17, 15) is 9.59 Å². The Balaban J connectivity index is 3.16. The Kier molecular flexibility index (Phi) is 14.6. The van der Waals surface area contributed by atoms with E-state index in [2.05, 4.69) is 50.3 Å². The SMILES string of the molecule is CCC[CH2][Sn]([CH2]CCC)([CH2]CCC)[CH2]C(C)(CCCI)C(=O)OC(=O)c1ccccc1. The van der Waals surface area contributed by atoms with Crippen molar-refractivity contribution in [3.63, 3.8) is 0 Å². The zero-order chi connectivity index (χ0) is 23.2. The van der Waals surface area contributed by atoms with Crippen LogP contribution in [-0.4, -0.2) is 34.7 Å². The third-order valence-corrected chi connectivity index (χ3v) is 23.7. The Morgan fingerprint density at radius 2 is 1.42 bits per heavy atom. The number of benzene rings is 1. The number of esters is 2. The molecule has 1 rings (SSSR count). The summed E-state index contributed by atoms with van der Waals surface area (Å²) in [5, 5.41) is 0. The van der Waals surface area contributed by atoms with Crippen LogP contribution >= 0.6 is 22.6 Å². The summed E-state index contributed by atoms with van der Waals surface area (Å²) in [5.41, 5.74) is -0.0919. The first-order valence-electron chi connectivity index (χ1n) is 12.2. The van der Waals surface area contributed by atoms with Crippen molar-refractivity contribution in [3.8, 4) is 0 Å². The quantitative estimate of drug-likeness (QED) is 0.0594. The van der Waals surface area contributed by atoms with E-state index in [-0.39, 0.29) is 5.97 Å².